The Morgan fingerprint density at radius 1 is 0.804 bits per heavy atom. The van der Waals surface area contributed by atoms with Crippen molar-refractivity contribution in [3.8, 4) is 0 Å². The normalized spacial score (nSPS) is 29.2. The first-order valence-corrected chi connectivity index (χ1v) is 16.2. The van der Waals surface area contributed by atoms with Gasteiger partial charge in [-0.2, -0.15) is 0 Å². The molecule has 0 aliphatic carbocycles. The molecule has 0 aromatic carbocycles. The summed E-state index contributed by atoms with van der Waals surface area (Å²) >= 11 is 0. The summed E-state index contributed by atoms with van der Waals surface area (Å²) < 4.78 is 14.8. The number of amides is 6. The third-order valence-electron chi connectivity index (χ3n) is 8.77. The van der Waals surface area contributed by atoms with E-state index in [1.54, 1.807) is 0 Å². The van der Waals surface area contributed by atoms with Gasteiger partial charge in [0.2, 0.25) is 35.4 Å². The highest BCUT2D eigenvalue weighted by Gasteiger charge is 2.48. The van der Waals surface area contributed by atoms with Crippen molar-refractivity contribution in [2.75, 3.05) is 19.6 Å². The van der Waals surface area contributed by atoms with Gasteiger partial charge < -0.3 is 51.5 Å². The van der Waals surface area contributed by atoms with Gasteiger partial charge in [-0.15, -0.1) is 0 Å². The first-order valence-electron chi connectivity index (χ1n) is 16.2. The molecule has 0 bridgehead atoms. The van der Waals surface area contributed by atoms with Crippen molar-refractivity contribution in [2.45, 2.75) is 101 Å². The van der Waals surface area contributed by atoms with Crippen molar-refractivity contribution in [1.82, 2.24) is 31.1 Å². The van der Waals surface area contributed by atoms with Crippen LogP contribution in [0.25, 0.3) is 0 Å². The first kappa shape index (κ1) is 40.2. The number of nitrogens with one attached hydrogen (secondary N) is 4. The van der Waals surface area contributed by atoms with Gasteiger partial charge in [-0.05, 0) is 32.6 Å². The van der Waals surface area contributed by atoms with Crippen LogP contribution < -0.4 is 21.3 Å². The summed E-state index contributed by atoms with van der Waals surface area (Å²) in [4.78, 5) is 130. The fraction of sp³-hybridized carbons (Fsp3) is 0.667. The van der Waals surface area contributed by atoms with Crippen LogP contribution in [0.2, 0.25) is 0 Å². The number of aliphatic hydroxyl groups is 1. The number of hydrogen-bond acceptors (Lipinski definition) is 11. The number of carbonyl (C=O) groups is 10. The average Bonchev–Trinajstić information content (AvgIpc) is 3.70. The molecule has 8 N–H and O–H groups in total. The summed E-state index contributed by atoms with van der Waals surface area (Å²) in [6, 6.07) is -8.20. The monoisotopic (exact) mass is 728 g/mol. The van der Waals surface area contributed by atoms with E-state index in [0.29, 0.717) is 4.90 Å². The number of nitrogens with zero attached hydrogens (tertiary/aromatic N) is 2. The lowest BCUT2D eigenvalue weighted by atomic mass is 9.91. The summed E-state index contributed by atoms with van der Waals surface area (Å²) in [6.45, 7) is -0.617. The van der Waals surface area contributed by atoms with E-state index in [1.807, 2.05) is 0 Å². The molecule has 282 valence electrons. The maximum Gasteiger partial charge on any atom is 0.304 e. The SMILES string of the molecule is C[C@@H](O)[C@@H]1NC(=O)[C@H](CCC(=O)O)NC(=O)[C@@H]2C[C@H](F)CN2C(=O)[C@H](CC(=O)O)C(=O)[C@@H]2CCCN2C(=O)[C@H](CCC(=O)O)NC(=O)CNC1=O. The van der Waals surface area contributed by atoms with E-state index in [-0.39, 0.29) is 19.4 Å². The molecule has 51 heavy (non-hydrogen) atoms. The molecule has 0 spiro atoms. The molecule has 3 heterocycles. The molecule has 0 radical (unpaired) electrons. The van der Waals surface area contributed by atoms with Crippen LogP contribution in [-0.4, -0.2) is 151 Å². The number of Topliss-reactive ketones (excluding diaryl/α,β-unsaturated/α-hetero) is 1. The van der Waals surface area contributed by atoms with Gasteiger partial charge in [0.15, 0.2) is 5.78 Å². The Kier molecular flexibility index (Phi) is 13.9. The van der Waals surface area contributed by atoms with Crippen molar-refractivity contribution in [3.63, 3.8) is 0 Å². The van der Waals surface area contributed by atoms with Crippen molar-refractivity contribution >= 4 is 59.1 Å². The zero-order valence-electron chi connectivity index (χ0n) is 27.5. The molecule has 0 aromatic heterocycles. The largest absolute Gasteiger partial charge is 0.481 e. The summed E-state index contributed by atoms with van der Waals surface area (Å²) in [5.41, 5.74) is 0. The number of hydrogen-bond donors (Lipinski definition) is 8. The Balaban J connectivity index is 2.09. The van der Waals surface area contributed by atoms with E-state index in [2.05, 4.69) is 21.3 Å². The summed E-state index contributed by atoms with van der Waals surface area (Å²) in [7, 11) is 0. The third-order valence-corrected chi connectivity index (χ3v) is 8.77. The molecule has 0 unspecified atom stereocenters. The highest BCUT2D eigenvalue weighted by Crippen LogP contribution is 2.29. The molecule has 8 atom stereocenters. The third kappa shape index (κ3) is 10.6. The standard InChI is InChI=1S/C30H41FN6O14/c1-13(38)24-28(49)32-11-20(39)33-17(5-7-22(42)43)30(51)36-8-2-3-18(36)25(46)15(10-23(44)45)29(50)37-12-14(31)9-19(37)27(48)34-16(26(47)35-24)4-6-21(40)41/h13-19,24,38H,2-12H2,1H3,(H,32,49)(H,33,39)(H,34,48)(H,35,47)(H,40,41)(H,42,43)(H,44,45)/t13-,14+,15-,16+,17+,18+,19+,24+/m1/s1. The minimum Gasteiger partial charge on any atom is -0.481 e. The molecule has 0 saturated carbocycles. The fourth-order valence-electron chi connectivity index (χ4n) is 6.23. The van der Waals surface area contributed by atoms with Crippen molar-refractivity contribution in [2.24, 2.45) is 5.92 Å². The highest BCUT2D eigenvalue weighted by atomic mass is 19.1. The lowest BCUT2D eigenvalue weighted by Gasteiger charge is -2.32. The van der Waals surface area contributed by atoms with Gasteiger partial charge >= 0.3 is 17.9 Å². The van der Waals surface area contributed by atoms with Crippen molar-refractivity contribution in [1.29, 1.82) is 0 Å². The van der Waals surface area contributed by atoms with E-state index in [4.69, 9.17) is 0 Å². The fourth-order valence-corrected chi connectivity index (χ4v) is 6.23. The molecular formula is C30H41FN6O14. The minimum atomic E-state index is -2.02. The van der Waals surface area contributed by atoms with Gasteiger partial charge in [-0.25, -0.2) is 4.39 Å². The van der Waals surface area contributed by atoms with Gasteiger partial charge in [0.25, 0.3) is 0 Å². The van der Waals surface area contributed by atoms with E-state index in [0.717, 1.165) is 11.8 Å². The Bertz CT molecular complexity index is 1440. The highest BCUT2D eigenvalue weighted by molar-refractivity contribution is 6.08. The second-order valence-electron chi connectivity index (χ2n) is 12.6. The van der Waals surface area contributed by atoms with E-state index in [1.165, 1.54) is 0 Å². The molecule has 3 rings (SSSR count). The quantitative estimate of drug-likeness (QED) is 0.106. The first-order chi connectivity index (χ1) is 23.9. The Morgan fingerprint density at radius 2 is 1.43 bits per heavy atom. The molecule has 3 aliphatic heterocycles. The van der Waals surface area contributed by atoms with E-state index in [9.17, 15) is 72.8 Å². The zero-order chi connectivity index (χ0) is 38.2. The van der Waals surface area contributed by atoms with Crippen LogP contribution in [0.5, 0.6) is 0 Å². The van der Waals surface area contributed by atoms with Gasteiger partial charge in [0.1, 0.15) is 36.3 Å². The van der Waals surface area contributed by atoms with Gasteiger partial charge in [-0.1, -0.05) is 0 Å². The summed E-state index contributed by atoms with van der Waals surface area (Å²) in [6.07, 6.45) is -7.46. The second kappa shape index (κ2) is 17.6. The maximum atomic E-state index is 14.8. The van der Waals surface area contributed by atoms with Crippen LogP contribution in [0, 0.1) is 5.92 Å². The Hall–Kier alpha value is -5.21. The molecule has 21 heteroatoms. The second-order valence-corrected chi connectivity index (χ2v) is 12.6. The van der Waals surface area contributed by atoms with Crippen molar-refractivity contribution < 1.29 is 72.8 Å². The number of carboxylic acid groups (broad SMARTS) is 3. The number of aliphatic carboxylic acids is 3. The lowest BCUT2D eigenvalue weighted by Crippen LogP contribution is -2.60. The number of carbonyl (C=O) groups excluding carboxylic acids is 7. The van der Waals surface area contributed by atoms with Crippen LogP contribution in [0.15, 0.2) is 0 Å². The average molecular weight is 729 g/mol. The van der Waals surface area contributed by atoms with Crippen LogP contribution in [-0.2, 0) is 47.9 Å². The lowest BCUT2D eigenvalue weighted by molar-refractivity contribution is -0.153. The van der Waals surface area contributed by atoms with E-state index >= 15 is 0 Å². The smallest absolute Gasteiger partial charge is 0.304 e. The van der Waals surface area contributed by atoms with Crippen LogP contribution >= 0.6 is 0 Å². The number of fused-ring (bicyclic) bond motifs is 2. The molecule has 3 aliphatic rings. The Morgan fingerprint density at radius 3 is 2.02 bits per heavy atom. The molecule has 20 nitrogen and oxygen atoms in total. The Labute approximate surface area is 289 Å². The summed E-state index contributed by atoms with van der Waals surface area (Å²) in [5, 5.41) is 47.2. The number of alkyl halides is 1. The number of halogens is 1. The topological polar surface area (TPSA) is 306 Å². The predicted octanol–water partition coefficient (Wildman–Crippen LogP) is -3.73. The summed E-state index contributed by atoms with van der Waals surface area (Å²) in [5.74, 6) is -14.1. The molecule has 6 amide bonds. The number of ketones is 1. The van der Waals surface area contributed by atoms with Crippen LogP contribution in [0.1, 0.15) is 58.3 Å². The minimum absolute atomic E-state index is 0.0552. The predicted molar refractivity (Wildman–Crippen MR) is 165 cm³/mol. The van der Waals surface area contributed by atoms with E-state index < -0.39 is 159 Å². The number of carboxylic acids is 3. The number of rotatable bonds is 9. The molecule has 3 saturated heterocycles. The van der Waals surface area contributed by atoms with Crippen LogP contribution in [0.4, 0.5) is 4.39 Å². The molecule has 3 fully saturated rings. The van der Waals surface area contributed by atoms with Gasteiger partial charge in [-0.3, -0.25) is 47.9 Å². The molecular weight excluding hydrogens is 687 g/mol. The molecule has 0 aromatic rings. The number of aliphatic hydroxyl groups excluding tert-OH is 1. The van der Waals surface area contributed by atoms with Crippen LogP contribution in [0.3, 0.4) is 0 Å². The maximum absolute atomic E-state index is 14.8. The van der Waals surface area contributed by atoms with Gasteiger partial charge in [0.05, 0.1) is 31.7 Å². The zero-order valence-corrected chi connectivity index (χ0v) is 27.5. The van der Waals surface area contributed by atoms with Crippen molar-refractivity contribution in [3.05, 3.63) is 0 Å². The van der Waals surface area contributed by atoms with Gasteiger partial charge in [0, 0.05) is 25.8 Å².